The van der Waals surface area contributed by atoms with E-state index >= 15 is 0 Å². The van der Waals surface area contributed by atoms with E-state index in [1.165, 1.54) is 0 Å². The maximum atomic E-state index is 12.4. The smallest absolute Gasteiger partial charge is 0.319 e. The number of urea groups is 1. The number of nitrogens with one attached hydrogen (secondary N) is 1. The van der Waals surface area contributed by atoms with Crippen molar-refractivity contribution in [2.24, 2.45) is 11.8 Å². The van der Waals surface area contributed by atoms with Crippen molar-refractivity contribution in [3.8, 4) is 0 Å². The molecule has 2 rings (SSSR count). The van der Waals surface area contributed by atoms with Crippen molar-refractivity contribution in [1.29, 1.82) is 0 Å². The van der Waals surface area contributed by atoms with Crippen LogP contribution in [0.1, 0.15) is 6.92 Å². The molecule has 2 atom stereocenters. The van der Waals surface area contributed by atoms with E-state index in [-0.39, 0.29) is 17.9 Å². The Balaban J connectivity index is 1.86. The molecular formula is C13H24N4O2. The van der Waals surface area contributed by atoms with Crippen molar-refractivity contribution in [1.82, 2.24) is 20.0 Å². The Morgan fingerprint density at radius 2 is 1.63 bits per heavy atom. The Bertz CT molecular complexity index is 351. The van der Waals surface area contributed by atoms with E-state index in [2.05, 4.69) is 12.2 Å². The van der Waals surface area contributed by atoms with Crippen molar-refractivity contribution < 1.29 is 9.59 Å². The lowest BCUT2D eigenvalue weighted by molar-refractivity contribution is -0.137. The lowest BCUT2D eigenvalue weighted by Crippen LogP contribution is -2.54. The Kier molecular flexibility index (Phi) is 4.29. The standard InChI is InChI=1S/C13H24N4O2/c1-10-8-14-9-11(10)12(18)16-4-6-17(7-5-16)13(19)15(2)3/h10-11,14H,4-9H2,1-3H3. The van der Waals surface area contributed by atoms with E-state index in [1.807, 2.05) is 4.90 Å². The Hall–Kier alpha value is -1.30. The number of carbonyl (C=O) groups is 2. The molecule has 0 radical (unpaired) electrons. The van der Waals surface area contributed by atoms with E-state index < -0.39 is 0 Å². The SMILES string of the molecule is CC1CNCC1C(=O)N1CCN(C(=O)N(C)C)CC1. The summed E-state index contributed by atoms with van der Waals surface area (Å²) in [5, 5.41) is 3.27. The first-order valence-corrected chi connectivity index (χ1v) is 6.96. The van der Waals surface area contributed by atoms with Crippen LogP contribution in [0.25, 0.3) is 0 Å². The van der Waals surface area contributed by atoms with Crippen LogP contribution in [0.15, 0.2) is 0 Å². The summed E-state index contributed by atoms with van der Waals surface area (Å²) in [4.78, 5) is 29.5. The van der Waals surface area contributed by atoms with Gasteiger partial charge in [-0.1, -0.05) is 6.92 Å². The first-order chi connectivity index (χ1) is 9.00. The van der Waals surface area contributed by atoms with Crippen LogP contribution in [-0.4, -0.2) is 80.0 Å². The highest BCUT2D eigenvalue weighted by Gasteiger charge is 2.34. The molecule has 0 saturated carbocycles. The quantitative estimate of drug-likeness (QED) is 0.708. The highest BCUT2D eigenvalue weighted by molar-refractivity contribution is 5.80. The van der Waals surface area contributed by atoms with Gasteiger partial charge in [-0.3, -0.25) is 4.79 Å². The zero-order valence-electron chi connectivity index (χ0n) is 12.1. The average molecular weight is 268 g/mol. The summed E-state index contributed by atoms with van der Waals surface area (Å²) in [5.74, 6) is 0.763. The second-order valence-electron chi connectivity index (χ2n) is 5.73. The molecule has 6 heteroatoms. The van der Waals surface area contributed by atoms with Gasteiger partial charge in [-0.15, -0.1) is 0 Å². The van der Waals surface area contributed by atoms with Gasteiger partial charge in [0, 0.05) is 46.8 Å². The number of rotatable bonds is 1. The van der Waals surface area contributed by atoms with Crippen molar-refractivity contribution in [2.75, 3.05) is 53.4 Å². The van der Waals surface area contributed by atoms with Crippen LogP contribution >= 0.6 is 0 Å². The largest absolute Gasteiger partial charge is 0.339 e. The van der Waals surface area contributed by atoms with Crippen LogP contribution in [-0.2, 0) is 4.79 Å². The van der Waals surface area contributed by atoms with E-state index in [0.29, 0.717) is 32.1 Å². The van der Waals surface area contributed by atoms with Gasteiger partial charge in [0.25, 0.3) is 0 Å². The fourth-order valence-electron chi connectivity index (χ4n) is 2.78. The minimum Gasteiger partial charge on any atom is -0.339 e. The van der Waals surface area contributed by atoms with E-state index in [1.54, 1.807) is 23.9 Å². The van der Waals surface area contributed by atoms with E-state index in [9.17, 15) is 9.59 Å². The Morgan fingerprint density at radius 1 is 1.05 bits per heavy atom. The molecule has 3 amide bonds. The zero-order valence-corrected chi connectivity index (χ0v) is 12.1. The molecule has 2 heterocycles. The third-order valence-corrected chi connectivity index (χ3v) is 4.08. The summed E-state index contributed by atoms with van der Waals surface area (Å²) in [6.07, 6.45) is 0. The van der Waals surface area contributed by atoms with E-state index in [4.69, 9.17) is 0 Å². The molecule has 1 N–H and O–H groups in total. The Morgan fingerprint density at radius 3 is 2.11 bits per heavy atom. The molecule has 2 saturated heterocycles. The second kappa shape index (κ2) is 5.77. The molecule has 6 nitrogen and oxygen atoms in total. The summed E-state index contributed by atoms with van der Waals surface area (Å²) in [6, 6.07) is 0.0306. The van der Waals surface area contributed by atoms with Gasteiger partial charge in [-0.2, -0.15) is 0 Å². The van der Waals surface area contributed by atoms with Gasteiger partial charge in [0.2, 0.25) is 5.91 Å². The van der Waals surface area contributed by atoms with Crippen molar-refractivity contribution in [3.05, 3.63) is 0 Å². The predicted molar refractivity (Wildman–Crippen MR) is 72.8 cm³/mol. The first-order valence-electron chi connectivity index (χ1n) is 6.96. The maximum Gasteiger partial charge on any atom is 0.319 e. The van der Waals surface area contributed by atoms with Gasteiger partial charge in [0.15, 0.2) is 0 Å². The highest BCUT2D eigenvalue weighted by atomic mass is 16.2. The lowest BCUT2D eigenvalue weighted by atomic mass is 9.96. The third kappa shape index (κ3) is 3.00. The van der Waals surface area contributed by atoms with Crippen molar-refractivity contribution >= 4 is 11.9 Å². The third-order valence-electron chi connectivity index (χ3n) is 4.08. The first kappa shape index (κ1) is 14.1. The van der Waals surface area contributed by atoms with Gasteiger partial charge in [-0.25, -0.2) is 4.79 Å². The summed E-state index contributed by atoms with van der Waals surface area (Å²) in [6.45, 7) is 6.42. The number of hydrogen-bond acceptors (Lipinski definition) is 3. The van der Waals surface area contributed by atoms with Gasteiger partial charge in [-0.05, 0) is 12.5 Å². The zero-order chi connectivity index (χ0) is 14.0. The molecule has 108 valence electrons. The molecule has 0 aromatic carbocycles. The normalized spacial score (nSPS) is 27.5. The van der Waals surface area contributed by atoms with Crippen molar-refractivity contribution in [3.63, 3.8) is 0 Å². The molecule has 2 aliphatic heterocycles. The van der Waals surface area contributed by atoms with Gasteiger partial charge >= 0.3 is 6.03 Å². The lowest BCUT2D eigenvalue weighted by Gasteiger charge is -2.37. The van der Waals surface area contributed by atoms with Crippen molar-refractivity contribution in [2.45, 2.75) is 6.92 Å². The van der Waals surface area contributed by atoms with Crippen LogP contribution < -0.4 is 5.32 Å². The summed E-state index contributed by atoms with van der Waals surface area (Å²) in [7, 11) is 3.51. The van der Waals surface area contributed by atoms with Crippen LogP contribution in [0.5, 0.6) is 0 Å². The molecule has 0 spiro atoms. The van der Waals surface area contributed by atoms with Crippen LogP contribution in [0, 0.1) is 11.8 Å². The summed E-state index contributed by atoms with van der Waals surface area (Å²) >= 11 is 0. The highest BCUT2D eigenvalue weighted by Crippen LogP contribution is 2.19. The fourth-order valence-corrected chi connectivity index (χ4v) is 2.78. The number of carbonyl (C=O) groups excluding carboxylic acids is 2. The van der Waals surface area contributed by atoms with Crippen LogP contribution in [0.4, 0.5) is 4.79 Å². The number of hydrogen-bond donors (Lipinski definition) is 1. The van der Waals surface area contributed by atoms with Crippen LogP contribution in [0.3, 0.4) is 0 Å². The molecule has 0 aliphatic carbocycles. The van der Waals surface area contributed by atoms with E-state index in [0.717, 1.165) is 13.1 Å². The molecular weight excluding hydrogens is 244 g/mol. The summed E-state index contributed by atoms with van der Waals surface area (Å²) < 4.78 is 0. The fraction of sp³-hybridized carbons (Fsp3) is 0.846. The van der Waals surface area contributed by atoms with Crippen LogP contribution in [0.2, 0.25) is 0 Å². The number of nitrogens with zero attached hydrogens (tertiary/aromatic N) is 3. The predicted octanol–water partition coefficient (Wildman–Crippen LogP) is -0.332. The Labute approximate surface area is 114 Å². The molecule has 2 aliphatic rings. The number of piperazine rings is 1. The van der Waals surface area contributed by atoms with Gasteiger partial charge in [0.05, 0.1) is 5.92 Å². The number of amides is 3. The van der Waals surface area contributed by atoms with Gasteiger partial charge in [0.1, 0.15) is 0 Å². The molecule has 19 heavy (non-hydrogen) atoms. The molecule has 2 fully saturated rings. The average Bonchev–Trinajstić information content (AvgIpc) is 2.83. The topological polar surface area (TPSA) is 55.9 Å². The monoisotopic (exact) mass is 268 g/mol. The molecule has 0 aromatic rings. The summed E-state index contributed by atoms with van der Waals surface area (Å²) in [5.41, 5.74) is 0. The molecule has 2 unspecified atom stereocenters. The second-order valence-corrected chi connectivity index (χ2v) is 5.73. The van der Waals surface area contributed by atoms with Gasteiger partial charge < -0.3 is 20.0 Å². The molecule has 0 bridgehead atoms. The maximum absolute atomic E-state index is 12.4. The molecule has 0 aromatic heterocycles. The minimum atomic E-state index is 0.0306. The minimum absolute atomic E-state index is 0.0306.